The van der Waals surface area contributed by atoms with Gasteiger partial charge in [-0.05, 0) is 24.3 Å². The molecule has 0 saturated carbocycles. The van der Waals surface area contributed by atoms with Gasteiger partial charge in [-0.1, -0.05) is 0 Å². The molecule has 2 rings (SSSR count). The lowest BCUT2D eigenvalue weighted by Crippen LogP contribution is -1.97. The van der Waals surface area contributed by atoms with Crippen molar-refractivity contribution in [1.29, 1.82) is 0 Å². The molecular formula is C12H11NO4. The van der Waals surface area contributed by atoms with Crippen molar-refractivity contribution in [2.24, 2.45) is 0 Å². The fourth-order valence-electron chi connectivity index (χ4n) is 1.32. The molecule has 0 amide bonds. The fraction of sp³-hybridized carbons (Fsp3) is 0.167. The maximum atomic E-state index is 10.6. The molecule has 17 heavy (non-hydrogen) atoms. The molecule has 0 fully saturated rings. The molecule has 0 saturated heterocycles. The van der Waals surface area contributed by atoms with Crippen LogP contribution >= 0.6 is 0 Å². The van der Waals surface area contributed by atoms with E-state index in [1.807, 2.05) is 0 Å². The minimum atomic E-state index is -0.956. The Morgan fingerprint density at radius 1 is 1.41 bits per heavy atom. The Hall–Kier alpha value is -2.30. The first-order valence-corrected chi connectivity index (χ1v) is 5.02. The van der Waals surface area contributed by atoms with E-state index >= 15 is 0 Å². The van der Waals surface area contributed by atoms with Crippen molar-refractivity contribution in [3.63, 3.8) is 0 Å². The maximum absolute atomic E-state index is 10.6. The second-order valence-electron chi connectivity index (χ2n) is 3.46. The third-order valence-corrected chi connectivity index (χ3v) is 2.15. The van der Waals surface area contributed by atoms with E-state index in [4.69, 9.17) is 14.3 Å². The van der Waals surface area contributed by atoms with Crippen LogP contribution in [-0.2, 0) is 6.61 Å². The summed E-state index contributed by atoms with van der Waals surface area (Å²) in [7, 11) is 0. The lowest BCUT2D eigenvalue weighted by atomic mass is 10.2. The first kappa shape index (κ1) is 11.2. The van der Waals surface area contributed by atoms with Crippen molar-refractivity contribution in [2.75, 3.05) is 0 Å². The van der Waals surface area contributed by atoms with E-state index in [1.54, 1.807) is 25.3 Å². The van der Waals surface area contributed by atoms with Crippen molar-refractivity contribution in [3.05, 3.63) is 47.7 Å². The second-order valence-corrected chi connectivity index (χ2v) is 3.46. The summed E-state index contributed by atoms with van der Waals surface area (Å²) in [5.74, 6) is 0.848. The zero-order chi connectivity index (χ0) is 12.3. The average Bonchev–Trinajstić information content (AvgIpc) is 2.73. The maximum Gasteiger partial charge on any atom is 0.335 e. The predicted molar refractivity (Wildman–Crippen MR) is 59.0 cm³/mol. The van der Waals surface area contributed by atoms with Gasteiger partial charge in [-0.3, -0.25) is 0 Å². The highest BCUT2D eigenvalue weighted by atomic mass is 16.5. The van der Waals surface area contributed by atoms with Crippen LogP contribution < -0.4 is 4.74 Å². The summed E-state index contributed by atoms with van der Waals surface area (Å²) >= 11 is 0. The van der Waals surface area contributed by atoms with Crippen LogP contribution in [0.4, 0.5) is 0 Å². The third kappa shape index (κ3) is 2.84. The number of benzene rings is 1. The third-order valence-electron chi connectivity index (χ3n) is 2.15. The molecule has 0 aliphatic rings. The zero-order valence-corrected chi connectivity index (χ0v) is 9.21. The van der Waals surface area contributed by atoms with Crippen molar-refractivity contribution in [1.82, 2.24) is 4.98 Å². The van der Waals surface area contributed by atoms with Gasteiger partial charge in [-0.25, -0.2) is 9.78 Å². The van der Waals surface area contributed by atoms with E-state index in [-0.39, 0.29) is 12.2 Å². The molecular weight excluding hydrogens is 222 g/mol. The largest absolute Gasteiger partial charge is 0.486 e. The van der Waals surface area contributed by atoms with Crippen molar-refractivity contribution in [3.8, 4) is 5.75 Å². The summed E-state index contributed by atoms with van der Waals surface area (Å²) < 4.78 is 10.7. The van der Waals surface area contributed by atoms with E-state index in [9.17, 15) is 4.79 Å². The van der Waals surface area contributed by atoms with E-state index in [2.05, 4.69) is 4.98 Å². The number of carboxylic acid groups (broad SMARTS) is 1. The Labute approximate surface area is 97.7 Å². The van der Waals surface area contributed by atoms with Crippen LogP contribution in [0.5, 0.6) is 5.75 Å². The van der Waals surface area contributed by atoms with Crippen LogP contribution in [0.15, 0.2) is 34.9 Å². The summed E-state index contributed by atoms with van der Waals surface area (Å²) in [5.41, 5.74) is 0.229. The summed E-state index contributed by atoms with van der Waals surface area (Å²) in [6, 6.07) is 6.19. The van der Waals surface area contributed by atoms with E-state index < -0.39 is 5.97 Å². The number of hydrogen-bond acceptors (Lipinski definition) is 4. The minimum Gasteiger partial charge on any atom is -0.486 e. The van der Waals surface area contributed by atoms with Crippen LogP contribution in [0.1, 0.15) is 22.0 Å². The van der Waals surface area contributed by atoms with Crippen LogP contribution in [0.3, 0.4) is 0 Å². The first-order valence-electron chi connectivity index (χ1n) is 5.02. The number of hydrogen-bond donors (Lipinski definition) is 1. The summed E-state index contributed by atoms with van der Waals surface area (Å²) in [5, 5.41) is 8.72. The molecule has 2 aromatic rings. The Bertz CT molecular complexity index is 516. The Balaban J connectivity index is 1.97. The molecule has 0 unspecified atom stereocenters. The number of nitrogens with zero attached hydrogens (tertiary/aromatic N) is 1. The van der Waals surface area contributed by atoms with E-state index in [1.165, 1.54) is 12.1 Å². The molecule has 0 bridgehead atoms. The van der Waals surface area contributed by atoms with Gasteiger partial charge in [0.05, 0.1) is 11.8 Å². The quantitative estimate of drug-likeness (QED) is 0.876. The number of aryl methyl sites for hydroxylation is 1. The molecule has 88 valence electrons. The molecule has 0 radical (unpaired) electrons. The van der Waals surface area contributed by atoms with Crippen molar-refractivity contribution < 1.29 is 19.1 Å². The highest BCUT2D eigenvalue weighted by Crippen LogP contribution is 2.14. The topological polar surface area (TPSA) is 72.6 Å². The minimum absolute atomic E-state index is 0.229. The fourth-order valence-corrected chi connectivity index (χ4v) is 1.32. The summed E-state index contributed by atoms with van der Waals surface area (Å²) in [4.78, 5) is 14.6. The number of aromatic carboxylic acids is 1. The van der Waals surface area contributed by atoms with Gasteiger partial charge >= 0.3 is 5.97 Å². The summed E-state index contributed by atoms with van der Waals surface area (Å²) in [6.45, 7) is 2.03. The lowest BCUT2D eigenvalue weighted by molar-refractivity contribution is 0.0697. The van der Waals surface area contributed by atoms with Gasteiger partial charge in [-0.15, -0.1) is 0 Å². The molecule has 0 aliphatic carbocycles. The number of carbonyl (C=O) groups is 1. The standard InChI is InChI=1S/C12H11NO4/c1-8-13-6-11(17-8)7-16-10-4-2-9(3-5-10)12(14)15/h2-6H,7H2,1H3,(H,14,15). The van der Waals surface area contributed by atoms with Crippen LogP contribution in [0.2, 0.25) is 0 Å². The lowest BCUT2D eigenvalue weighted by Gasteiger charge is -2.03. The number of rotatable bonds is 4. The van der Waals surface area contributed by atoms with E-state index in [0.29, 0.717) is 17.4 Å². The molecule has 5 heteroatoms. The zero-order valence-electron chi connectivity index (χ0n) is 9.21. The van der Waals surface area contributed by atoms with Gasteiger partial charge in [0.15, 0.2) is 11.7 Å². The second kappa shape index (κ2) is 4.69. The molecule has 5 nitrogen and oxygen atoms in total. The SMILES string of the molecule is Cc1ncc(COc2ccc(C(=O)O)cc2)o1. The Morgan fingerprint density at radius 3 is 2.65 bits per heavy atom. The van der Waals surface area contributed by atoms with Crippen molar-refractivity contribution >= 4 is 5.97 Å². The molecule has 0 spiro atoms. The monoisotopic (exact) mass is 233 g/mol. The van der Waals surface area contributed by atoms with E-state index in [0.717, 1.165) is 0 Å². The molecule has 0 atom stereocenters. The van der Waals surface area contributed by atoms with Gasteiger partial charge in [-0.2, -0.15) is 0 Å². The van der Waals surface area contributed by atoms with Crippen LogP contribution in [0, 0.1) is 6.92 Å². The normalized spacial score (nSPS) is 10.2. The predicted octanol–water partition coefficient (Wildman–Crippen LogP) is 2.26. The molecule has 1 aromatic heterocycles. The number of ether oxygens (including phenoxy) is 1. The van der Waals surface area contributed by atoms with Gasteiger partial charge in [0.25, 0.3) is 0 Å². The molecule has 0 aliphatic heterocycles. The van der Waals surface area contributed by atoms with Crippen LogP contribution in [-0.4, -0.2) is 16.1 Å². The van der Waals surface area contributed by atoms with Gasteiger partial charge in [0.2, 0.25) is 0 Å². The Kier molecular flexibility index (Phi) is 3.09. The Morgan fingerprint density at radius 2 is 2.12 bits per heavy atom. The van der Waals surface area contributed by atoms with Gasteiger partial charge in [0, 0.05) is 6.92 Å². The van der Waals surface area contributed by atoms with Gasteiger partial charge < -0.3 is 14.3 Å². The van der Waals surface area contributed by atoms with Crippen LogP contribution in [0.25, 0.3) is 0 Å². The molecule has 1 heterocycles. The number of oxazole rings is 1. The average molecular weight is 233 g/mol. The number of carboxylic acids is 1. The first-order chi connectivity index (χ1) is 8.15. The highest BCUT2D eigenvalue weighted by molar-refractivity contribution is 5.87. The highest BCUT2D eigenvalue weighted by Gasteiger charge is 2.04. The smallest absolute Gasteiger partial charge is 0.335 e. The molecule has 1 N–H and O–H groups in total. The van der Waals surface area contributed by atoms with Crippen molar-refractivity contribution in [2.45, 2.75) is 13.5 Å². The number of aromatic nitrogens is 1. The summed E-state index contributed by atoms with van der Waals surface area (Å²) in [6.07, 6.45) is 1.60. The van der Waals surface area contributed by atoms with Gasteiger partial charge in [0.1, 0.15) is 12.4 Å². The molecule has 1 aromatic carbocycles.